The van der Waals surface area contributed by atoms with Crippen LogP contribution in [0.25, 0.3) is 33.7 Å². The van der Waals surface area contributed by atoms with Crippen molar-refractivity contribution in [2.45, 2.75) is 13.3 Å². The number of non-ortho nitro benzene ring substituents is 1. The van der Waals surface area contributed by atoms with Crippen LogP contribution in [0.1, 0.15) is 13.3 Å². The van der Waals surface area contributed by atoms with Gasteiger partial charge in [0.15, 0.2) is 5.58 Å². The lowest BCUT2D eigenvalue weighted by atomic mass is 10.0. The Hall–Kier alpha value is -3.74. The summed E-state index contributed by atoms with van der Waals surface area (Å²) in [6.07, 6.45) is 0.897. The first-order valence-electron chi connectivity index (χ1n) is 9.25. The van der Waals surface area contributed by atoms with Crippen molar-refractivity contribution in [3.63, 3.8) is 0 Å². The highest BCUT2D eigenvalue weighted by Gasteiger charge is 2.18. The maximum Gasteiger partial charge on any atom is 0.270 e. The molecule has 0 radical (unpaired) electrons. The normalized spacial score (nSPS) is 11.0. The van der Waals surface area contributed by atoms with Crippen LogP contribution in [0.5, 0.6) is 0 Å². The lowest BCUT2D eigenvalue weighted by Crippen LogP contribution is -2.02. The molecule has 3 aromatic carbocycles. The second-order valence-corrected chi connectivity index (χ2v) is 6.60. The summed E-state index contributed by atoms with van der Waals surface area (Å²) in [6, 6.07) is 16.2. The number of nitro groups is 1. The molecule has 29 heavy (non-hydrogen) atoms. The maximum atomic E-state index is 13.7. The Morgan fingerprint density at radius 2 is 1.93 bits per heavy atom. The number of hydrogen-bond donors (Lipinski definition) is 1. The molecular formula is C22H18FN3O3. The summed E-state index contributed by atoms with van der Waals surface area (Å²) < 4.78 is 19.6. The van der Waals surface area contributed by atoms with Crippen molar-refractivity contribution < 1.29 is 13.7 Å². The molecule has 0 fully saturated rings. The van der Waals surface area contributed by atoms with Crippen LogP contribution in [0.4, 0.5) is 15.8 Å². The van der Waals surface area contributed by atoms with E-state index in [4.69, 9.17) is 4.42 Å². The van der Waals surface area contributed by atoms with Crippen molar-refractivity contribution in [1.82, 2.24) is 4.98 Å². The summed E-state index contributed by atoms with van der Waals surface area (Å²) in [7, 11) is 0. The molecule has 0 aliphatic rings. The number of nitro benzene ring substituents is 1. The number of para-hydroxylation sites is 1. The van der Waals surface area contributed by atoms with Gasteiger partial charge in [-0.1, -0.05) is 31.2 Å². The Labute approximate surface area is 166 Å². The van der Waals surface area contributed by atoms with Gasteiger partial charge in [-0.2, -0.15) is 0 Å². The topological polar surface area (TPSA) is 81.2 Å². The number of benzene rings is 3. The van der Waals surface area contributed by atoms with E-state index < -0.39 is 4.92 Å². The van der Waals surface area contributed by atoms with Gasteiger partial charge in [0.25, 0.3) is 5.69 Å². The largest absolute Gasteiger partial charge is 0.436 e. The molecule has 0 unspecified atom stereocenters. The van der Waals surface area contributed by atoms with Crippen molar-refractivity contribution in [1.29, 1.82) is 0 Å². The third kappa shape index (κ3) is 3.67. The van der Waals surface area contributed by atoms with Crippen LogP contribution < -0.4 is 5.32 Å². The van der Waals surface area contributed by atoms with Crippen molar-refractivity contribution in [2.24, 2.45) is 0 Å². The van der Waals surface area contributed by atoms with Crippen molar-refractivity contribution in [3.05, 3.63) is 76.6 Å². The summed E-state index contributed by atoms with van der Waals surface area (Å²) in [4.78, 5) is 15.4. The number of nitrogens with one attached hydrogen (secondary N) is 1. The Balaban J connectivity index is 1.88. The van der Waals surface area contributed by atoms with Crippen LogP contribution in [0.15, 0.2) is 65.1 Å². The Morgan fingerprint density at radius 1 is 1.10 bits per heavy atom. The fourth-order valence-electron chi connectivity index (χ4n) is 3.19. The second kappa shape index (κ2) is 7.71. The van der Waals surface area contributed by atoms with Gasteiger partial charge in [-0.15, -0.1) is 0 Å². The number of hydrogen-bond acceptors (Lipinski definition) is 5. The first-order chi connectivity index (χ1) is 14.1. The minimum Gasteiger partial charge on any atom is -0.436 e. The smallest absolute Gasteiger partial charge is 0.270 e. The predicted molar refractivity (Wildman–Crippen MR) is 110 cm³/mol. The quantitative estimate of drug-likeness (QED) is 0.320. The summed E-state index contributed by atoms with van der Waals surface area (Å²) >= 11 is 0. The van der Waals surface area contributed by atoms with E-state index in [-0.39, 0.29) is 17.4 Å². The van der Waals surface area contributed by atoms with Gasteiger partial charge in [0, 0.05) is 29.9 Å². The first kappa shape index (κ1) is 18.6. The molecule has 0 aliphatic heterocycles. The molecule has 4 aromatic rings. The third-order valence-electron chi connectivity index (χ3n) is 4.56. The highest BCUT2D eigenvalue weighted by atomic mass is 19.1. The van der Waals surface area contributed by atoms with E-state index in [2.05, 4.69) is 10.3 Å². The molecular weight excluding hydrogens is 373 g/mol. The Morgan fingerprint density at radius 3 is 2.69 bits per heavy atom. The lowest BCUT2D eigenvalue weighted by molar-refractivity contribution is -0.384. The minimum atomic E-state index is -0.450. The summed E-state index contributed by atoms with van der Waals surface area (Å²) in [5.74, 6) is -0.0703. The molecule has 4 rings (SSSR count). The molecule has 0 aliphatic carbocycles. The van der Waals surface area contributed by atoms with Gasteiger partial charge < -0.3 is 9.73 Å². The molecule has 7 heteroatoms. The van der Waals surface area contributed by atoms with Gasteiger partial charge in [-0.25, -0.2) is 9.37 Å². The molecule has 0 amide bonds. The Kier molecular flexibility index (Phi) is 4.95. The standard InChI is InChI=1S/C22H18FN3O3/c1-2-11-24-19-10-9-16(26(27)28)13-18(19)22-25-21-17(7-4-8-20(21)29-22)14-5-3-6-15(23)12-14/h3-10,12-13,24H,2,11H2,1H3. The molecule has 1 aromatic heterocycles. The van der Waals surface area contributed by atoms with E-state index in [1.165, 1.54) is 24.3 Å². The van der Waals surface area contributed by atoms with Gasteiger partial charge in [-0.05, 0) is 36.2 Å². The molecule has 6 nitrogen and oxygen atoms in total. The molecule has 0 atom stereocenters. The number of nitrogens with zero attached hydrogens (tertiary/aromatic N) is 2. The minimum absolute atomic E-state index is 0.0466. The van der Waals surface area contributed by atoms with Crippen LogP contribution in [0, 0.1) is 15.9 Å². The van der Waals surface area contributed by atoms with Gasteiger partial charge in [0.1, 0.15) is 11.3 Å². The van der Waals surface area contributed by atoms with Crippen LogP contribution >= 0.6 is 0 Å². The summed E-state index contributed by atoms with van der Waals surface area (Å²) in [6.45, 7) is 2.74. The van der Waals surface area contributed by atoms with Crippen molar-refractivity contribution in [2.75, 3.05) is 11.9 Å². The van der Waals surface area contributed by atoms with E-state index in [1.807, 2.05) is 13.0 Å². The zero-order valence-corrected chi connectivity index (χ0v) is 15.7. The molecule has 0 saturated carbocycles. The lowest BCUT2D eigenvalue weighted by Gasteiger charge is -2.08. The fourth-order valence-corrected chi connectivity index (χ4v) is 3.19. The second-order valence-electron chi connectivity index (χ2n) is 6.60. The van der Waals surface area contributed by atoms with Crippen LogP contribution in [0.2, 0.25) is 0 Å². The number of rotatable bonds is 6. The van der Waals surface area contributed by atoms with Gasteiger partial charge in [0.05, 0.1) is 10.5 Å². The van der Waals surface area contributed by atoms with Crippen LogP contribution in [0.3, 0.4) is 0 Å². The highest BCUT2D eigenvalue weighted by Crippen LogP contribution is 2.36. The van der Waals surface area contributed by atoms with Crippen molar-refractivity contribution in [3.8, 4) is 22.6 Å². The monoisotopic (exact) mass is 391 g/mol. The zero-order valence-electron chi connectivity index (χ0n) is 15.7. The summed E-state index contributed by atoms with van der Waals surface area (Å²) in [5.41, 5.74) is 3.67. The highest BCUT2D eigenvalue weighted by molar-refractivity contribution is 5.93. The van der Waals surface area contributed by atoms with E-state index >= 15 is 0 Å². The molecule has 1 N–H and O–H groups in total. The van der Waals surface area contributed by atoms with E-state index in [0.29, 0.717) is 34.5 Å². The average Bonchev–Trinajstić information content (AvgIpc) is 3.16. The number of aromatic nitrogens is 1. The fraction of sp³-hybridized carbons (Fsp3) is 0.136. The molecule has 1 heterocycles. The number of fused-ring (bicyclic) bond motifs is 1. The van der Waals surface area contributed by atoms with E-state index in [9.17, 15) is 14.5 Å². The molecule has 146 valence electrons. The predicted octanol–water partition coefficient (Wildman–Crippen LogP) is 6.03. The van der Waals surface area contributed by atoms with E-state index in [0.717, 1.165) is 12.0 Å². The number of halogens is 1. The Bertz CT molecular complexity index is 1200. The summed E-state index contributed by atoms with van der Waals surface area (Å²) in [5, 5.41) is 14.5. The van der Waals surface area contributed by atoms with E-state index in [1.54, 1.807) is 30.3 Å². The zero-order chi connectivity index (χ0) is 20.4. The average molecular weight is 391 g/mol. The SMILES string of the molecule is CCCNc1ccc([N+](=O)[O-])cc1-c1nc2c(-c3cccc(F)c3)cccc2o1. The molecule has 0 saturated heterocycles. The van der Waals surface area contributed by atoms with Gasteiger partial charge >= 0.3 is 0 Å². The number of oxazole rings is 1. The third-order valence-corrected chi connectivity index (χ3v) is 4.56. The van der Waals surface area contributed by atoms with Crippen LogP contribution in [-0.4, -0.2) is 16.5 Å². The van der Waals surface area contributed by atoms with Gasteiger partial charge in [-0.3, -0.25) is 10.1 Å². The number of anilines is 1. The first-order valence-corrected chi connectivity index (χ1v) is 9.25. The van der Waals surface area contributed by atoms with Gasteiger partial charge in [0.2, 0.25) is 5.89 Å². The van der Waals surface area contributed by atoms with Crippen LogP contribution in [-0.2, 0) is 0 Å². The molecule has 0 spiro atoms. The van der Waals surface area contributed by atoms with Crippen molar-refractivity contribution >= 4 is 22.5 Å². The molecule has 0 bridgehead atoms. The maximum absolute atomic E-state index is 13.7.